The molecule has 1 aromatic heterocycles. The van der Waals surface area contributed by atoms with Gasteiger partial charge in [-0.05, 0) is 26.2 Å². The third-order valence-corrected chi connectivity index (χ3v) is 4.17. The number of hydrogen-bond acceptors (Lipinski definition) is 3. The van der Waals surface area contributed by atoms with Gasteiger partial charge in [-0.15, -0.1) is 10.2 Å². The van der Waals surface area contributed by atoms with Crippen molar-refractivity contribution in [3.8, 4) is 0 Å². The summed E-state index contributed by atoms with van der Waals surface area (Å²) in [5.74, 6) is 0.292. The minimum Gasteiger partial charge on any atom is -0.314 e. The molecule has 4 nitrogen and oxygen atoms in total. The molecule has 1 aromatic rings. The van der Waals surface area contributed by atoms with Crippen molar-refractivity contribution in [3.05, 3.63) is 11.6 Å². The molecule has 21 heavy (non-hydrogen) atoms. The Labute approximate surface area is 123 Å². The number of halogens is 3. The standard InChI is InChI=1S/C14H23F3N4/c1-3-8-21-10(2)19-20-13(21)9-18-12-7-5-4-6-11(12)14(15,16)17/h11-12,18H,3-9H2,1-2H3/t11-,12-/m1/s1. The number of rotatable bonds is 5. The van der Waals surface area contributed by atoms with Gasteiger partial charge >= 0.3 is 6.18 Å². The Bertz CT molecular complexity index is 456. The molecule has 1 saturated carbocycles. The summed E-state index contributed by atoms with van der Waals surface area (Å²) in [6.45, 7) is 5.06. The first-order chi connectivity index (χ1) is 9.93. The lowest BCUT2D eigenvalue weighted by atomic mass is 9.84. The van der Waals surface area contributed by atoms with Crippen LogP contribution in [0.2, 0.25) is 0 Å². The predicted octanol–water partition coefficient (Wildman–Crippen LogP) is 3.21. The lowest BCUT2D eigenvalue weighted by molar-refractivity contribution is -0.189. The van der Waals surface area contributed by atoms with Crippen molar-refractivity contribution in [2.75, 3.05) is 0 Å². The maximum absolute atomic E-state index is 13.0. The fraction of sp³-hybridized carbons (Fsp3) is 0.857. The van der Waals surface area contributed by atoms with Crippen molar-refractivity contribution in [2.45, 2.75) is 71.3 Å². The van der Waals surface area contributed by atoms with Crippen LogP contribution >= 0.6 is 0 Å². The van der Waals surface area contributed by atoms with Gasteiger partial charge < -0.3 is 9.88 Å². The quantitative estimate of drug-likeness (QED) is 0.908. The number of aromatic nitrogens is 3. The van der Waals surface area contributed by atoms with Crippen molar-refractivity contribution in [3.63, 3.8) is 0 Å². The summed E-state index contributed by atoms with van der Waals surface area (Å²) in [5.41, 5.74) is 0. The Morgan fingerprint density at radius 1 is 1.24 bits per heavy atom. The van der Waals surface area contributed by atoms with Crippen LogP contribution in [-0.2, 0) is 13.1 Å². The van der Waals surface area contributed by atoms with E-state index in [1.54, 1.807) is 0 Å². The van der Waals surface area contributed by atoms with Crippen LogP contribution in [-0.4, -0.2) is 27.0 Å². The highest BCUT2D eigenvalue weighted by Gasteiger charge is 2.45. The summed E-state index contributed by atoms with van der Waals surface area (Å²) in [5, 5.41) is 11.2. The van der Waals surface area contributed by atoms with Crippen LogP contribution in [0.3, 0.4) is 0 Å². The highest BCUT2D eigenvalue weighted by Crippen LogP contribution is 2.37. The third-order valence-electron chi connectivity index (χ3n) is 4.17. The summed E-state index contributed by atoms with van der Waals surface area (Å²) < 4.78 is 41.1. The Kier molecular flexibility index (Phi) is 5.24. The van der Waals surface area contributed by atoms with Gasteiger partial charge in [0.05, 0.1) is 12.5 Å². The highest BCUT2D eigenvalue weighted by molar-refractivity contribution is 4.95. The average molecular weight is 304 g/mol. The molecule has 1 fully saturated rings. The van der Waals surface area contributed by atoms with Crippen LogP contribution in [0.15, 0.2) is 0 Å². The van der Waals surface area contributed by atoms with Gasteiger partial charge in [0, 0.05) is 12.6 Å². The first kappa shape index (κ1) is 16.3. The van der Waals surface area contributed by atoms with E-state index in [9.17, 15) is 13.2 Å². The molecule has 1 heterocycles. The minimum absolute atomic E-state index is 0.224. The van der Waals surface area contributed by atoms with Crippen LogP contribution in [0.25, 0.3) is 0 Å². The molecule has 7 heteroatoms. The minimum atomic E-state index is -4.12. The summed E-state index contributed by atoms with van der Waals surface area (Å²) in [7, 11) is 0. The van der Waals surface area contributed by atoms with Crippen LogP contribution in [0.4, 0.5) is 13.2 Å². The molecule has 0 spiro atoms. The Morgan fingerprint density at radius 3 is 2.62 bits per heavy atom. The summed E-state index contributed by atoms with van der Waals surface area (Å²) in [6, 6.07) is -0.508. The monoisotopic (exact) mass is 304 g/mol. The molecule has 0 radical (unpaired) electrons. The van der Waals surface area contributed by atoms with E-state index in [0.717, 1.165) is 31.0 Å². The number of nitrogens with zero attached hydrogens (tertiary/aromatic N) is 3. The van der Waals surface area contributed by atoms with Gasteiger partial charge in [-0.1, -0.05) is 19.8 Å². The van der Waals surface area contributed by atoms with E-state index in [2.05, 4.69) is 22.4 Å². The lowest BCUT2D eigenvalue weighted by Gasteiger charge is -2.33. The van der Waals surface area contributed by atoms with E-state index in [-0.39, 0.29) is 6.42 Å². The summed E-state index contributed by atoms with van der Waals surface area (Å²) >= 11 is 0. The van der Waals surface area contributed by atoms with Crippen LogP contribution < -0.4 is 5.32 Å². The van der Waals surface area contributed by atoms with Gasteiger partial charge in [-0.2, -0.15) is 13.2 Å². The normalized spacial score (nSPS) is 23.5. The van der Waals surface area contributed by atoms with Crippen molar-refractivity contribution >= 4 is 0 Å². The van der Waals surface area contributed by atoms with Crippen molar-refractivity contribution in [1.29, 1.82) is 0 Å². The van der Waals surface area contributed by atoms with Crippen LogP contribution in [0.1, 0.15) is 50.7 Å². The summed E-state index contributed by atoms with van der Waals surface area (Å²) in [6.07, 6.45) is -0.864. The molecule has 0 amide bonds. The van der Waals surface area contributed by atoms with Crippen LogP contribution in [0.5, 0.6) is 0 Å². The first-order valence-corrected chi connectivity index (χ1v) is 7.62. The van der Waals surface area contributed by atoms with Crippen molar-refractivity contribution in [1.82, 2.24) is 20.1 Å². The Hall–Kier alpha value is -1.11. The topological polar surface area (TPSA) is 42.7 Å². The zero-order chi connectivity index (χ0) is 15.5. The Morgan fingerprint density at radius 2 is 1.95 bits per heavy atom. The SMILES string of the molecule is CCCn1c(C)nnc1CN[C@@H]1CCCC[C@H]1C(F)(F)F. The van der Waals surface area contributed by atoms with Gasteiger partial charge in [-0.3, -0.25) is 0 Å². The molecule has 1 aliphatic rings. The van der Waals surface area contributed by atoms with Gasteiger partial charge in [-0.25, -0.2) is 0 Å². The van der Waals surface area contributed by atoms with E-state index in [1.165, 1.54) is 0 Å². The summed E-state index contributed by atoms with van der Waals surface area (Å²) in [4.78, 5) is 0. The van der Waals surface area contributed by atoms with Crippen molar-refractivity contribution < 1.29 is 13.2 Å². The van der Waals surface area contributed by atoms with E-state index in [0.29, 0.717) is 19.4 Å². The van der Waals surface area contributed by atoms with Gasteiger partial charge in [0.25, 0.3) is 0 Å². The third kappa shape index (κ3) is 3.96. The molecule has 0 aromatic carbocycles. The molecule has 2 atom stereocenters. The second-order valence-corrected chi connectivity index (χ2v) is 5.74. The smallest absolute Gasteiger partial charge is 0.314 e. The number of hydrogen-bond donors (Lipinski definition) is 1. The van der Waals surface area contributed by atoms with Crippen molar-refractivity contribution in [2.24, 2.45) is 5.92 Å². The van der Waals surface area contributed by atoms with E-state index in [4.69, 9.17) is 0 Å². The average Bonchev–Trinajstić information content (AvgIpc) is 2.78. The maximum Gasteiger partial charge on any atom is 0.393 e. The molecule has 120 valence electrons. The van der Waals surface area contributed by atoms with Gasteiger partial charge in [0.2, 0.25) is 0 Å². The molecule has 0 aliphatic heterocycles. The molecule has 1 aliphatic carbocycles. The molecule has 0 saturated heterocycles. The lowest BCUT2D eigenvalue weighted by Crippen LogP contribution is -2.45. The zero-order valence-electron chi connectivity index (χ0n) is 12.6. The number of nitrogens with one attached hydrogen (secondary N) is 1. The van der Waals surface area contributed by atoms with E-state index >= 15 is 0 Å². The van der Waals surface area contributed by atoms with Gasteiger partial charge in [0.15, 0.2) is 0 Å². The number of alkyl halides is 3. The second-order valence-electron chi connectivity index (χ2n) is 5.74. The second kappa shape index (κ2) is 6.77. The van der Waals surface area contributed by atoms with Crippen LogP contribution in [0, 0.1) is 12.8 Å². The van der Waals surface area contributed by atoms with E-state index < -0.39 is 18.1 Å². The molecular weight excluding hydrogens is 281 g/mol. The van der Waals surface area contributed by atoms with E-state index in [1.807, 2.05) is 11.5 Å². The predicted molar refractivity (Wildman–Crippen MR) is 73.7 cm³/mol. The molecule has 0 unspecified atom stereocenters. The fourth-order valence-corrected chi connectivity index (χ4v) is 3.06. The highest BCUT2D eigenvalue weighted by atomic mass is 19.4. The zero-order valence-corrected chi connectivity index (χ0v) is 12.6. The maximum atomic E-state index is 13.0. The molecule has 2 rings (SSSR count). The largest absolute Gasteiger partial charge is 0.393 e. The fourth-order valence-electron chi connectivity index (χ4n) is 3.06. The molecule has 1 N–H and O–H groups in total. The molecule has 0 bridgehead atoms. The Balaban J connectivity index is 2.01. The molecular formula is C14H23F3N4. The number of aryl methyl sites for hydroxylation is 1. The first-order valence-electron chi connectivity index (χ1n) is 7.62. The van der Waals surface area contributed by atoms with Gasteiger partial charge in [0.1, 0.15) is 11.6 Å².